The van der Waals surface area contributed by atoms with Crippen molar-refractivity contribution < 1.29 is 16.4 Å². The van der Waals surface area contributed by atoms with E-state index in [2.05, 4.69) is 0 Å². The van der Waals surface area contributed by atoms with Crippen LogP contribution in [0.25, 0.3) is 0 Å². The molecule has 0 radical (unpaired) electrons. The Morgan fingerprint density at radius 1 is 0.143 bits per heavy atom. The summed E-state index contributed by atoms with van der Waals surface area (Å²) in [5.41, 5.74) is 0. The van der Waals surface area contributed by atoms with Crippen LogP contribution in [-0.2, 0) is 0 Å². The molecule has 0 aliphatic heterocycles. The zero-order chi connectivity index (χ0) is 12.7. The predicted octanol–water partition coefficient (Wildman–Crippen LogP) is 2.59. The minimum Gasteiger partial charge on any atom is -0.412 e. The zero-order valence-electron chi connectivity index (χ0n) is 11.9. The van der Waals surface area contributed by atoms with E-state index in [9.17, 15) is 0 Å². The van der Waals surface area contributed by atoms with Crippen LogP contribution >= 0.6 is 0 Å². The van der Waals surface area contributed by atoms with Crippen LogP contribution in [0.3, 0.4) is 0 Å². The SMILES string of the molecule is O.O.O.c1ccccc1.c1ccccc1.c1ccccc1. The Hall–Kier alpha value is -2.46. The molecule has 6 N–H and O–H groups in total. The first kappa shape index (κ1) is 23.6. The second-order valence-electron chi connectivity index (χ2n) is 3.46. The summed E-state index contributed by atoms with van der Waals surface area (Å²) in [5.74, 6) is 0. The van der Waals surface area contributed by atoms with Crippen LogP contribution in [0.2, 0.25) is 0 Å². The Labute approximate surface area is 126 Å². The molecular weight excluding hydrogens is 264 g/mol. The fraction of sp³-hybridized carbons (Fsp3) is 0. The number of benzene rings is 3. The van der Waals surface area contributed by atoms with Gasteiger partial charge in [-0.15, -0.1) is 0 Å². The molecule has 0 bridgehead atoms. The summed E-state index contributed by atoms with van der Waals surface area (Å²) in [5, 5.41) is 0. The summed E-state index contributed by atoms with van der Waals surface area (Å²) in [6.45, 7) is 0. The third-order valence-electron chi connectivity index (χ3n) is 2.00. The Balaban J connectivity index is -0.000000216. The highest BCUT2D eigenvalue weighted by Gasteiger charge is 1.59. The fourth-order valence-electron chi connectivity index (χ4n) is 1.15. The first-order valence-electron chi connectivity index (χ1n) is 6.00. The highest BCUT2D eigenvalue weighted by molar-refractivity contribution is 5.00. The van der Waals surface area contributed by atoms with Crippen LogP contribution in [0, 0.1) is 0 Å². The lowest BCUT2D eigenvalue weighted by molar-refractivity contribution is 0.823. The van der Waals surface area contributed by atoms with Crippen molar-refractivity contribution in [3.05, 3.63) is 109 Å². The molecule has 0 aromatic heterocycles. The van der Waals surface area contributed by atoms with Crippen LogP contribution < -0.4 is 0 Å². The highest BCUT2D eigenvalue weighted by atomic mass is 16.0. The fourth-order valence-corrected chi connectivity index (χ4v) is 1.15. The lowest BCUT2D eigenvalue weighted by atomic mass is 10.4. The average Bonchev–Trinajstić information content (AvgIpc) is 2.54. The molecule has 3 aromatic rings. The van der Waals surface area contributed by atoms with Crippen molar-refractivity contribution in [3.63, 3.8) is 0 Å². The van der Waals surface area contributed by atoms with E-state index in [-0.39, 0.29) is 16.4 Å². The van der Waals surface area contributed by atoms with Crippen LogP contribution in [0.15, 0.2) is 109 Å². The van der Waals surface area contributed by atoms with Crippen molar-refractivity contribution in [3.8, 4) is 0 Å². The first-order valence-corrected chi connectivity index (χ1v) is 6.00. The van der Waals surface area contributed by atoms with Gasteiger partial charge in [0.2, 0.25) is 0 Å². The van der Waals surface area contributed by atoms with Gasteiger partial charge in [0.1, 0.15) is 0 Å². The second-order valence-corrected chi connectivity index (χ2v) is 3.46. The van der Waals surface area contributed by atoms with Gasteiger partial charge in [0.05, 0.1) is 0 Å². The van der Waals surface area contributed by atoms with E-state index in [0.29, 0.717) is 0 Å². The summed E-state index contributed by atoms with van der Waals surface area (Å²) < 4.78 is 0. The molecule has 3 heteroatoms. The van der Waals surface area contributed by atoms with Gasteiger partial charge >= 0.3 is 0 Å². The van der Waals surface area contributed by atoms with Gasteiger partial charge in [0.25, 0.3) is 0 Å². The van der Waals surface area contributed by atoms with E-state index >= 15 is 0 Å². The molecule has 0 saturated heterocycles. The van der Waals surface area contributed by atoms with E-state index in [0.717, 1.165) is 0 Å². The lowest BCUT2D eigenvalue weighted by Gasteiger charge is -1.69. The van der Waals surface area contributed by atoms with Crippen LogP contribution in [0.1, 0.15) is 0 Å². The van der Waals surface area contributed by atoms with Gasteiger partial charge in [-0.25, -0.2) is 0 Å². The monoisotopic (exact) mass is 288 g/mol. The summed E-state index contributed by atoms with van der Waals surface area (Å²) in [6, 6.07) is 36.0. The van der Waals surface area contributed by atoms with E-state index in [4.69, 9.17) is 0 Å². The molecule has 0 heterocycles. The quantitative estimate of drug-likeness (QED) is 0.608. The van der Waals surface area contributed by atoms with Crippen molar-refractivity contribution in [1.29, 1.82) is 0 Å². The minimum atomic E-state index is 0. The van der Waals surface area contributed by atoms with Crippen molar-refractivity contribution in [2.45, 2.75) is 0 Å². The van der Waals surface area contributed by atoms with Gasteiger partial charge in [-0.05, 0) is 0 Å². The molecule has 0 saturated carbocycles. The standard InChI is InChI=1S/3C6H6.3H2O/c3*1-2-4-6-5-3-1;;;/h3*1-6H;3*1H2. The Morgan fingerprint density at radius 3 is 0.238 bits per heavy atom. The summed E-state index contributed by atoms with van der Waals surface area (Å²) in [4.78, 5) is 0. The van der Waals surface area contributed by atoms with E-state index < -0.39 is 0 Å². The van der Waals surface area contributed by atoms with Gasteiger partial charge in [0.15, 0.2) is 0 Å². The van der Waals surface area contributed by atoms with Gasteiger partial charge in [-0.3, -0.25) is 0 Å². The smallest absolute Gasteiger partial charge is 0.0623 e. The molecular formula is C18H24O3. The molecule has 3 nitrogen and oxygen atoms in total. The van der Waals surface area contributed by atoms with Crippen molar-refractivity contribution >= 4 is 0 Å². The molecule has 0 aliphatic carbocycles. The highest BCUT2D eigenvalue weighted by Crippen LogP contribution is 1.81. The molecule has 114 valence electrons. The average molecular weight is 288 g/mol. The largest absolute Gasteiger partial charge is 0.412 e. The van der Waals surface area contributed by atoms with Crippen molar-refractivity contribution in [2.24, 2.45) is 0 Å². The molecule has 0 amide bonds. The molecule has 0 unspecified atom stereocenters. The molecule has 3 aromatic carbocycles. The molecule has 21 heavy (non-hydrogen) atoms. The van der Waals surface area contributed by atoms with Gasteiger partial charge in [0, 0.05) is 0 Å². The van der Waals surface area contributed by atoms with Crippen molar-refractivity contribution in [1.82, 2.24) is 0 Å². The third-order valence-corrected chi connectivity index (χ3v) is 2.00. The zero-order valence-corrected chi connectivity index (χ0v) is 11.9. The van der Waals surface area contributed by atoms with Gasteiger partial charge in [-0.2, -0.15) is 0 Å². The Kier molecular flexibility index (Phi) is 22.3. The molecule has 3 rings (SSSR count). The lowest BCUT2D eigenvalue weighted by Crippen LogP contribution is -1.47. The van der Waals surface area contributed by atoms with E-state index in [1.165, 1.54) is 0 Å². The van der Waals surface area contributed by atoms with E-state index in [1.54, 1.807) is 0 Å². The predicted molar refractivity (Wildman–Crippen MR) is 90.2 cm³/mol. The second kappa shape index (κ2) is 19.9. The molecule has 0 spiro atoms. The maximum absolute atomic E-state index is 2.00. The molecule has 0 fully saturated rings. The maximum Gasteiger partial charge on any atom is -0.0623 e. The first-order chi connectivity index (χ1) is 9.00. The van der Waals surface area contributed by atoms with Crippen LogP contribution in [-0.4, -0.2) is 16.4 Å². The topological polar surface area (TPSA) is 94.5 Å². The number of hydrogen-bond acceptors (Lipinski definition) is 0. The van der Waals surface area contributed by atoms with E-state index in [1.807, 2.05) is 109 Å². The van der Waals surface area contributed by atoms with Gasteiger partial charge in [-0.1, -0.05) is 109 Å². The summed E-state index contributed by atoms with van der Waals surface area (Å²) >= 11 is 0. The van der Waals surface area contributed by atoms with Crippen LogP contribution in [0.4, 0.5) is 0 Å². The maximum atomic E-state index is 2.00. The van der Waals surface area contributed by atoms with Crippen molar-refractivity contribution in [2.75, 3.05) is 0 Å². The molecule has 0 aliphatic rings. The van der Waals surface area contributed by atoms with Gasteiger partial charge < -0.3 is 16.4 Å². The summed E-state index contributed by atoms with van der Waals surface area (Å²) in [7, 11) is 0. The van der Waals surface area contributed by atoms with Crippen LogP contribution in [0.5, 0.6) is 0 Å². The summed E-state index contributed by atoms with van der Waals surface area (Å²) in [6.07, 6.45) is 0. The third kappa shape index (κ3) is 17.5. The Morgan fingerprint density at radius 2 is 0.190 bits per heavy atom. The number of rotatable bonds is 0. The Bertz CT molecular complexity index is 303. The number of hydrogen-bond donors (Lipinski definition) is 0. The normalized spacial score (nSPS) is 6.86. The molecule has 0 atom stereocenters. The minimum absolute atomic E-state index is 0.